The van der Waals surface area contributed by atoms with Crippen molar-refractivity contribution in [3.63, 3.8) is 0 Å². The fourth-order valence-corrected chi connectivity index (χ4v) is 0.875. The largest absolute Gasteiger partial charge is 0.387 e. The van der Waals surface area contributed by atoms with Crippen LogP contribution in [-0.2, 0) is 4.79 Å². The van der Waals surface area contributed by atoms with Gasteiger partial charge in [-0.3, -0.25) is 4.79 Å². The van der Waals surface area contributed by atoms with Crippen LogP contribution < -0.4 is 10.6 Å². The normalized spacial score (nSPS) is 15.2. The van der Waals surface area contributed by atoms with Crippen LogP contribution in [0.3, 0.4) is 0 Å². The molecule has 11 heavy (non-hydrogen) atoms. The van der Waals surface area contributed by atoms with Crippen LogP contribution in [0.2, 0.25) is 0 Å². The number of rotatable bonds is 2. The fraction of sp³-hybridized carbons (Fsp3) is 0.375. The molecule has 2 N–H and O–H groups in total. The third-order valence-electron chi connectivity index (χ3n) is 1.39. The minimum atomic E-state index is -0.0176. The summed E-state index contributed by atoms with van der Waals surface area (Å²) >= 11 is 0. The lowest BCUT2D eigenvalue weighted by Gasteiger charge is -2.07. The monoisotopic (exact) mass is 152 g/mol. The maximum absolute atomic E-state index is 11.1. The Morgan fingerprint density at radius 3 is 3.18 bits per heavy atom. The molecular weight excluding hydrogens is 140 g/mol. The summed E-state index contributed by atoms with van der Waals surface area (Å²) < 4.78 is 0. The molecule has 0 unspecified atom stereocenters. The number of hydrogen-bond acceptors (Lipinski definition) is 2. The SMILES string of the molecule is CCNC(=O)C1=CNCC=C1. The van der Waals surface area contributed by atoms with Gasteiger partial charge in [0.1, 0.15) is 0 Å². The summed E-state index contributed by atoms with van der Waals surface area (Å²) in [5.41, 5.74) is 0.693. The molecule has 0 spiro atoms. The van der Waals surface area contributed by atoms with Crippen LogP contribution >= 0.6 is 0 Å². The summed E-state index contributed by atoms with van der Waals surface area (Å²) in [6.07, 6.45) is 5.47. The van der Waals surface area contributed by atoms with E-state index in [0.29, 0.717) is 12.1 Å². The highest BCUT2D eigenvalue weighted by Crippen LogP contribution is 1.98. The number of nitrogens with one attached hydrogen (secondary N) is 2. The maximum atomic E-state index is 11.1. The van der Waals surface area contributed by atoms with Crippen molar-refractivity contribution >= 4 is 5.91 Å². The third-order valence-corrected chi connectivity index (χ3v) is 1.39. The van der Waals surface area contributed by atoms with Crippen molar-refractivity contribution in [2.45, 2.75) is 6.92 Å². The Kier molecular flexibility index (Phi) is 2.72. The Bertz CT molecular complexity index is 206. The summed E-state index contributed by atoms with van der Waals surface area (Å²) in [6.45, 7) is 3.38. The molecule has 1 aliphatic rings. The van der Waals surface area contributed by atoms with Crippen molar-refractivity contribution in [1.29, 1.82) is 0 Å². The summed E-state index contributed by atoms with van der Waals surface area (Å²) in [6, 6.07) is 0. The Morgan fingerprint density at radius 2 is 2.64 bits per heavy atom. The van der Waals surface area contributed by atoms with Crippen molar-refractivity contribution in [3.8, 4) is 0 Å². The van der Waals surface area contributed by atoms with Gasteiger partial charge < -0.3 is 10.6 Å². The zero-order valence-electron chi connectivity index (χ0n) is 6.55. The standard InChI is InChI=1S/C8H12N2O/c1-2-10-8(11)7-4-3-5-9-6-7/h3-4,6,9H,2,5H2,1H3,(H,10,11). The van der Waals surface area contributed by atoms with Gasteiger partial charge in [-0.1, -0.05) is 12.2 Å². The molecule has 0 bridgehead atoms. The van der Waals surface area contributed by atoms with Crippen molar-refractivity contribution < 1.29 is 4.79 Å². The van der Waals surface area contributed by atoms with E-state index in [-0.39, 0.29) is 5.91 Å². The molecule has 0 aromatic rings. The molecule has 0 saturated carbocycles. The van der Waals surface area contributed by atoms with E-state index in [1.165, 1.54) is 0 Å². The predicted molar refractivity (Wildman–Crippen MR) is 43.9 cm³/mol. The lowest BCUT2D eigenvalue weighted by molar-refractivity contribution is -0.117. The van der Waals surface area contributed by atoms with Crippen molar-refractivity contribution in [1.82, 2.24) is 10.6 Å². The minimum Gasteiger partial charge on any atom is -0.387 e. The topological polar surface area (TPSA) is 41.1 Å². The van der Waals surface area contributed by atoms with E-state index in [2.05, 4.69) is 10.6 Å². The lowest BCUT2D eigenvalue weighted by atomic mass is 10.2. The molecule has 0 radical (unpaired) electrons. The Hall–Kier alpha value is -1.25. The van der Waals surface area contributed by atoms with Crippen LogP contribution in [-0.4, -0.2) is 19.0 Å². The minimum absolute atomic E-state index is 0.0176. The molecule has 1 amide bonds. The Morgan fingerprint density at radius 1 is 1.82 bits per heavy atom. The van der Waals surface area contributed by atoms with Crippen LogP contribution in [0.15, 0.2) is 23.9 Å². The van der Waals surface area contributed by atoms with Crippen molar-refractivity contribution in [2.75, 3.05) is 13.1 Å². The summed E-state index contributed by atoms with van der Waals surface area (Å²) in [4.78, 5) is 11.1. The first-order chi connectivity index (χ1) is 5.34. The molecule has 0 aromatic carbocycles. The maximum Gasteiger partial charge on any atom is 0.252 e. The number of carbonyl (C=O) groups excluding carboxylic acids is 1. The van der Waals surface area contributed by atoms with Gasteiger partial charge >= 0.3 is 0 Å². The van der Waals surface area contributed by atoms with Crippen LogP contribution in [0.25, 0.3) is 0 Å². The zero-order valence-corrected chi connectivity index (χ0v) is 6.55. The molecule has 0 saturated heterocycles. The van der Waals surface area contributed by atoms with E-state index >= 15 is 0 Å². The van der Waals surface area contributed by atoms with Crippen LogP contribution in [0, 0.1) is 0 Å². The molecule has 0 atom stereocenters. The van der Waals surface area contributed by atoms with E-state index in [1.807, 2.05) is 19.1 Å². The Labute approximate surface area is 66.2 Å². The van der Waals surface area contributed by atoms with Gasteiger partial charge in [0, 0.05) is 19.3 Å². The van der Waals surface area contributed by atoms with Gasteiger partial charge in [-0.05, 0) is 6.92 Å². The highest BCUT2D eigenvalue weighted by atomic mass is 16.1. The molecule has 0 fully saturated rings. The molecule has 3 nitrogen and oxygen atoms in total. The van der Waals surface area contributed by atoms with E-state index in [4.69, 9.17) is 0 Å². The van der Waals surface area contributed by atoms with Gasteiger partial charge in [-0.15, -0.1) is 0 Å². The van der Waals surface area contributed by atoms with Gasteiger partial charge in [0.25, 0.3) is 5.91 Å². The van der Waals surface area contributed by atoms with Gasteiger partial charge in [0.05, 0.1) is 5.57 Å². The first kappa shape index (κ1) is 7.85. The van der Waals surface area contributed by atoms with E-state index in [9.17, 15) is 4.79 Å². The molecule has 0 aliphatic carbocycles. The summed E-state index contributed by atoms with van der Waals surface area (Å²) in [7, 11) is 0. The number of hydrogen-bond donors (Lipinski definition) is 2. The second-order valence-electron chi connectivity index (χ2n) is 2.27. The van der Waals surface area contributed by atoms with E-state index in [0.717, 1.165) is 6.54 Å². The molecule has 1 heterocycles. The third kappa shape index (κ3) is 2.11. The second-order valence-corrected chi connectivity index (χ2v) is 2.27. The van der Waals surface area contributed by atoms with Gasteiger partial charge in [-0.2, -0.15) is 0 Å². The number of likely N-dealkylation sites (N-methyl/N-ethyl adjacent to an activating group) is 1. The zero-order chi connectivity index (χ0) is 8.10. The molecule has 60 valence electrons. The summed E-state index contributed by atoms with van der Waals surface area (Å²) in [5.74, 6) is -0.0176. The Balaban J connectivity index is 2.52. The van der Waals surface area contributed by atoms with E-state index < -0.39 is 0 Å². The van der Waals surface area contributed by atoms with Gasteiger partial charge in [0.15, 0.2) is 0 Å². The molecule has 1 aliphatic heterocycles. The number of amides is 1. The average Bonchev–Trinajstić information content (AvgIpc) is 2.07. The van der Waals surface area contributed by atoms with Gasteiger partial charge in [-0.25, -0.2) is 0 Å². The van der Waals surface area contributed by atoms with E-state index in [1.54, 1.807) is 6.20 Å². The van der Waals surface area contributed by atoms with Crippen LogP contribution in [0.4, 0.5) is 0 Å². The quantitative estimate of drug-likeness (QED) is 0.592. The second kappa shape index (κ2) is 3.81. The van der Waals surface area contributed by atoms with Crippen molar-refractivity contribution in [2.24, 2.45) is 0 Å². The van der Waals surface area contributed by atoms with Gasteiger partial charge in [0.2, 0.25) is 0 Å². The molecular formula is C8H12N2O. The fourth-order valence-electron chi connectivity index (χ4n) is 0.875. The van der Waals surface area contributed by atoms with Crippen LogP contribution in [0.5, 0.6) is 0 Å². The van der Waals surface area contributed by atoms with Crippen molar-refractivity contribution in [3.05, 3.63) is 23.9 Å². The molecule has 3 heteroatoms. The summed E-state index contributed by atoms with van der Waals surface area (Å²) in [5, 5.41) is 5.68. The van der Waals surface area contributed by atoms with Crippen LogP contribution in [0.1, 0.15) is 6.92 Å². The smallest absolute Gasteiger partial charge is 0.252 e. The average molecular weight is 152 g/mol. The first-order valence-corrected chi connectivity index (χ1v) is 3.73. The lowest BCUT2D eigenvalue weighted by Crippen LogP contribution is -2.26. The number of carbonyl (C=O) groups is 1. The predicted octanol–water partition coefficient (Wildman–Crippen LogP) is 0.166. The number of dihydropyridines is 1. The highest BCUT2D eigenvalue weighted by Gasteiger charge is 2.05. The molecule has 1 rings (SSSR count). The highest BCUT2D eigenvalue weighted by molar-refractivity contribution is 5.96. The first-order valence-electron chi connectivity index (χ1n) is 3.73. The molecule has 0 aromatic heterocycles.